The van der Waals surface area contributed by atoms with Gasteiger partial charge in [0.1, 0.15) is 5.82 Å². The van der Waals surface area contributed by atoms with Gasteiger partial charge in [0.05, 0.1) is 0 Å². The maximum atomic E-state index is 13.3. The molecule has 0 radical (unpaired) electrons. The van der Waals surface area contributed by atoms with Crippen molar-refractivity contribution in [1.82, 2.24) is 20.9 Å². The van der Waals surface area contributed by atoms with Gasteiger partial charge in [0.15, 0.2) is 0 Å². The van der Waals surface area contributed by atoms with Crippen LogP contribution in [0.5, 0.6) is 0 Å². The Bertz CT molecular complexity index is 649. The number of piperidine rings is 3. The minimum Gasteiger partial charge on any atom is -0.338 e. The number of nitrogens with zero attached hydrogens (tertiary/aromatic N) is 1. The Morgan fingerprint density at radius 1 is 1.07 bits per heavy atom. The van der Waals surface area contributed by atoms with E-state index in [1.165, 1.54) is 30.5 Å². The highest BCUT2D eigenvalue weighted by molar-refractivity contribution is 5.74. The van der Waals surface area contributed by atoms with Crippen LogP contribution in [0.25, 0.3) is 0 Å². The average molecular weight is 389 g/mol. The Kier molecular flexibility index (Phi) is 6.16. The van der Waals surface area contributed by atoms with Crippen LogP contribution in [0.4, 0.5) is 9.18 Å². The third-order valence-electron chi connectivity index (χ3n) is 7.20. The highest BCUT2D eigenvalue weighted by Gasteiger charge is 2.37. The first-order valence-electron chi connectivity index (χ1n) is 10.8. The monoisotopic (exact) mass is 388 g/mol. The molecule has 154 valence electrons. The van der Waals surface area contributed by atoms with E-state index in [9.17, 15) is 9.18 Å². The topological polar surface area (TPSA) is 56.4 Å². The van der Waals surface area contributed by atoms with Gasteiger partial charge in [-0.15, -0.1) is 0 Å². The van der Waals surface area contributed by atoms with Crippen molar-refractivity contribution in [2.75, 3.05) is 45.8 Å². The van der Waals surface area contributed by atoms with Crippen molar-refractivity contribution in [3.05, 3.63) is 35.6 Å². The molecule has 0 bridgehead atoms. The Morgan fingerprint density at radius 3 is 2.50 bits per heavy atom. The smallest absolute Gasteiger partial charge is 0.317 e. The van der Waals surface area contributed by atoms with Crippen LogP contribution in [0, 0.1) is 17.2 Å². The van der Waals surface area contributed by atoms with Gasteiger partial charge in [-0.1, -0.05) is 12.1 Å². The Labute approximate surface area is 167 Å². The van der Waals surface area contributed by atoms with Gasteiger partial charge in [-0.25, -0.2) is 9.18 Å². The Morgan fingerprint density at radius 2 is 1.79 bits per heavy atom. The molecule has 1 aromatic rings. The molecule has 0 saturated carbocycles. The zero-order chi connectivity index (χ0) is 19.4. The van der Waals surface area contributed by atoms with E-state index in [-0.39, 0.29) is 11.8 Å². The van der Waals surface area contributed by atoms with E-state index in [0.717, 1.165) is 58.5 Å². The summed E-state index contributed by atoms with van der Waals surface area (Å²) >= 11 is 0. The summed E-state index contributed by atoms with van der Waals surface area (Å²) in [6.07, 6.45) is 5.77. The van der Waals surface area contributed by atoms with E-state index in [1.807, 2.05) is 17.0 Å². The molecular weight excluding hydrogens is 355 g/mol. The predicted octanol–water partition coefficient (Wildman–Crippen LogP) is 2.69. The van der Waals surface area contributed by atoms with Gasteiger partial charge in [-0.05, 0) is 86.7 Å². The number of urea groups is 1. The van der Waals surface area contributed by atoms with Gasteiger partial charge < -0.3 is 20.9 Å². The predicted molar refractivity (Wildman–Crippen MR) is 109 cm³/mol. The molecule has 4 rings (SSSR count). The minimum atomic E-state index is -0.195. The maximum Gasteiger partial charge on any atom is 0.317 e. The first kappa shape index (κ1) is 19.6. The Hall–Kier alpha value is -1.66. The molecular formula is C22H33FN4O. The van der Waals surface area contributed by atoms with Crippen molar-refractivity contribution in [2.24, 2.45) is 11.3 Å². The largest absolute Gasteiger partial charge is 0.338 e. The zero-order valence-electron chi connectivity index (χ0n) is 16.7. The van der Waals surface area contributed by atoms with Crippen LogP contribution in [0.2, 0.25) is 0 Å². The summed E-state index contributed by atoms with van der Waals surface area (Å²) in [6, 6.07) is 6.94. The third-order valence-corrected chi connectivity index (χ3v) is 7.20. The van der Waals surface area contributed by atoms with Crippen LogP contribution >= 0.6 is 0 Å². The van der Waals surface area contributed by atoms with E-state index in [0.29, 0.717) is 23.8 Å². The number of carbonyl (C=O) groups is 1. The number of halogens is 1. The van der Waals surface area contributed by atoms with Crippen molar-refractivity contribution >= 4 is 6.03 Å². The van der Waals surface area contributed by atoms with Gasteiger partial charge in [-0.3, -0.25) is 0 Å². The summed E-state index contributed by atoms with van der Waals surface area (Å²) in [7, 11) is 0. The average Bonchev–Trinajstić information content (AvgIpc) is 2.74. The highest BCUT2D eigenvalue weighted by atomic mass is 19.1. The molecule has 6 heteroatoms. The van der Waals surface area contributed by atoms with Crippen LogP contribution in [0.3, 0.4) is 0 Å². The molecule has 5 nitrogen and oxygen atoms in total. The Balaban J connectivity index is 1.29. The van der Waals surface area contributed by atoms with E-state index in [2.05, 4.69) is 16.0 Å². The molecule has 3 saturated heterocycles. The third kappa shape index (κ3) is 4.49. The summed E-state index contributed by atoms with van der Waals surface area (Å²) in [5.41, 5.74) is 1.64. The standard InChI is InChI=1S/C22H33FN4O/c23-19-3-1-17(2-4-19)20-5-10-25-15-18(20)16-26-21(28)27-13-8-22(9-14-27)6-11-24-12-7-22/h1-4,18,20,24-25H,5-16H2,(H,26,28). The number of hydrogen-bond acceptors (Lipinski definition) is 3. The molecule has 2 atom stereocenters. The lowest BCUT2D eigenvalue weighted by atomic mass is 9.72. The van der Waals surface area contributed by atoms with Crippen molar-refractivity contribution in [1.29, 1.82) is 0 Å². The molecule has 3 N–H and O–H groups in total. The minimum absolute atomic E-state index is 0.0761. The van der Waals surface area contributed by atoms with E-state index in [1.54, 1.807) is 0 Å². The van der Waals surface area contributed by atoms with Crippen LogP contribution in [-0.4, -0.2) is 56.7 Å². The lowest BCUT2D eigenvalue weighted by Crippen LogP contribution is -2.51. The van der Waals surface area contributed by atoms with Crippen LogP contribution in [0.15, 0.2) is 24.3 Å². The SMILES string of the molecule is O=C(NCC1CNCCC1c1ccc(F)cc1)N1CCC2(CCNCC2)CC1. The summed E-state index contributed by atoms with van der Waals surface area (Å²) in [6.45, 7) is 6.50. The van der Waals surface area contributed by atoms with Crippen molar-refractivity contribution in [3.8, 4) is 0 Å². The summed E-state index contributed by atoms with van der Waals surface area (Å²) in [4.78, 5) is 14.7. The molecule has 0 aromatic heterocycles. The van der Waals surface area contributed by atoms with E-state index >= 15 is 0 Å². The molecule has 3 heterocycles. The van der Waals surface area contributed by atoms with Crippen molar-refractivity contribution in [3.63, 3.8) is 0 Å². The molecule has 1 spiro atoms. The highest BCUT2D eigenvalue weighted by Crippen LogP contribution is 2.39. The number of amides is 2. The molecule has 3 fully saturated rings. The molecule has 28 heavy (non-hydrogen) atoms. The van der Waals surface area contributed by atoms with Gasteiger partial charge in [0, 0.05) is 26.2 Å². The normalized spacial score (nSPS) is 27.5. The zero-order valence-corrected chi connectivity index (χ0v) is 16.7. The fraction of sp³-hybridized carbons (Fsp3) is 0.682. The second-order valence-electron chi connectivity index (χ2n) is 8.83. The van der Waals surface area contributed by atoms with Gasteiger partial charge in [0.2, 0.25) is 0 Å². The first-order valence-corrected chi connectivity index (χ1v) is 10.8. The fourth-order valence-electron chi connectivity index (χ4n) is 5.26. The summed E-state index contributed by atoms with van der Waals surface area (Å²) in [5, 5.41) is 10.1. The number of hydrogen-bond donors (Lipinski definition) is 3. The van der Waals surface area contributed by atoms with Gasteiger partial charge >= 0.3 is 6.03 Å². The lowest BCUT2D eigenvalue weighted by Gasteiger charge is -2.44. The fourth-order valence-corrected chi connectivity index (χ4v) is 5.26. The number of benzene rings is 1. The van der Waals surface area contributed by atoms with Gasteiger partial charge in [-0.2, -0.15) is 0 Å². The maximum absolute atomic E-state index is 13.3. The van der Waals surface area contributed by atoms with Crippen molar-refractivity contribution < 1.29 is 9.18 Å². The quantitative estimate of drug-likeness (QED) is 0.746. The molecule has 1 aromatic carbocycles. The molecule has 3 aliphatic rings. The van der Waals surface area contributed by atoms with Crippen LogP contribution < -0.4 is 16.0 Å². The molecule has 2 unspecified atom stereocenters. The van der Waals surface area contributed by atoms with Crippen LogP contribution in [-0.2, 0) is 0 Å². The lowest BCUT2D eigenvalue weighted by molar-refractivity contribution is 0.0869. The molecule has 2 amide bonds. The second-order valence-corrected chi connectivity index (χ2v) is 8.83. The first-order chi connectivity index (χ1) is 13.7. The summed E-state index contributed by atoms with van der Waals surface area (Å²) in [5.74, 6) is 0.504. The number of nitrogens with one attached hydrogen (secondary N) is 3. The number of likely N-dealkylation sites (tertiary alicyclic amines) is 1. The molecule has 0 aliphatic carbocycles. The number of rotatable bonds is 3. The van der Waals surface area contributed by atoms with E-state index < -0.39 is 0 Å². The second kappa shape index (κ2) is 8.78. The molecule has 3 aliphatic heterocycles. The van der Waals surface area contributed by atoms with Gasteiger partial charge in [0.25, 0.3) is 0 Å². The van der Waals surface area contributed by atoms with Crippen molar-refractivity contribution in [2.45, 2.75) is 38.0 Å². The number of carbonyl (C=O) groups excluding carboxylic acids is 1. The van der Waals surface area contributed by atoms with Crippen LogP contribution in [0.1, 0.15) is 43.6 Å². The summed E-state index contributed by atoms with van der Waals surface area (Å²) < 4.78 is 13.3. The van der Waals surface area contributed by atoms with E-state index in [4.69, 9.17) is 0 Å².